The minimum atomic E-state index is 0.323. The molecule has 24 heavy (non-hydrogen) atoms. The normalized spacial score (nSPS) is 30.1. The molecule has 2 heterocycles. The third-order valence-corrected chi connectivity index (χ3v) is 6.70. The van der Waals surface area contributed by atoms with Crippen molar-refractivity contribution in [2.75, 3.05) is 39.9 Å². The van der Waals surface area contributed by atoms with E-state index in [1.54, 1.807) is 0 Å². The van der Waals surface area contributed by atoms with Crippen LogP contribution in [0, 0.1) is 11.3 Å². The smallest absolute Gasteiger partial charge is 0.249 e. The molecule has 0 unspecified atom stereocenters. The zero-order valence-electron chi connectivity index (χ0n) is 15.1. The molecule has 4 heteroatoms. The first-order valence-corrected chi connectivity index (χ1v) is 9.90. The SMILES string of the molecule is COC[C@H]1CC2(CCN(C(=O)C3=CCCC3)CC2)CN1CC1CC1. The molecule has 4 rings (SSSR count). The lowest BCUT2D eigenvalue weighted by Crippen LogP contribution is -2.44. The molecule has 1 amide bonds. The van der Waals surface area contributed by atoms with E-state index in [1.165, 1.54) is 45.2 Å². The first-order chi connectivity index (χ1) is 11.7. The second kappa shape index (κ2) is 6.80. The summed E-state index contributed by atoms with van der Waals surface area (Å²) in [7, 11) is 1.83. The Hall–Kier alpha value is -0.870. The van der Waals surface area contributed by atoms with Gasteiger partial charge in [-0.2, -0.15) is 0 Å². The maximum absolute atomic E-state index is 12.6. The molecule has 4 aliphatic rings. The predicted molar refractivity (Wildman–Crippen MR) is 94.8 cm³/mol. The van der Waals surface area contributed by atoms with Gasteiger partial charge in [0, 0.05) is 44.9 Å². The van der Waals surface area contributed by atoms with Gasteiger partial charge in [-0.25, -0.2) is 0 Å². The molecule has 3 fully saturated rings. The predicted octanol–water partition coefficient (Wildman–Crippen LogP) is 2.84. The molecule has 0 radical (unpaired) electrons. The minimum Gasteiger partial charge on any atom is -0.383 e. The molecular weight excluding hydrogens is 300 g/mol. The highest BCUT2D eigenvalue weighted by atomic mass is 16.5. The first-order valence-electron chi connectivity index (χ1n) is 9.90. The van der Waals surface area contributed by atoms with Crippen LogP contribution in [0.3, 0.4) is 0 Å². The zero-order chi connectivity index (χ0) is 16.6. The zero-order valence-corrected chi connectivity index (χ0v) is 15.1. The van der Waals surface area contributed by atoms with Crippen molar-refractivity contribution in [2.24, 2.45) is 11.3 Å². The summed E-state index contributed by atoms with van der Waals surface area (Å²) in [6.07, 6.45) is 11.8. The molecule has 0 aromatic heterocycles. The van der Waals surface area contributed by atoms with Gasteiger partial charge in [0.05, 0.1) is 6.61 Å². The molecule has 1 spiro atoms. The number of carbonyl (C=O) groups excluding carboxylic acids is 1. The molecule has 2 aliphatic heterocycles. The number of likely N-dealkylation sites (tertiary alicyclic amines) is 2. The second-order valence-electron chi connectivity index (χ2n) is 8.60. The number of hydrogen-bond donors (Lipinski definition) is 0. The maximum atomic E-state index is 12.6. The van der Waals surface area contributed by atoms with Gasteiger partial charge in [-0.1, -0.05) is 6.08 Å². The molecule has 0 aromatic carbocycles. The molecule has 1 atom stereocenters. The highest BCUT2D eigenvalue weighted by molar-refractivity contribution is 5.93. The van der Waals surface area contributed by atoms with Crippen LogP contribution in [0.4, 0.5) is 0 Å². The summed E-state index contributed by atoms with van der Waals surface area (Å²) in [4.78, 5) is 17.4. The largest absolute Gasteiger partial charge is 0.383 e. The topological polar surface area (TPSA) is 32.8 Å². The monoisotopic (exact) mass is 332 g/mol. The van der Waals surface area contributed by atoms with E-state index >= 15 is 0 Å². The molecule has 1 saturated carbocycles. The molecule has 134 valence electrons. The summed E-state index contributed by atoms with van der Waals surface area (Å²) < 4.78 is 5.51. The van der Waals surface area contributed by atoms with Gasteiger partial charge in [0.1, 0.15) is 0 Å². The van der Waals surface area contributed by atoms with Crippen molar-refractivity contribution in [1.82, 2.24) is 9.80 Å². The molecule has 0 bridgehead atoms. The van der Waals surface area contributed by atoms with Crippen LogP contribution in [-0.4, -0.2) is 61.6 Å². The van der Waals surface area contributed by atoms with Crippen molar-refractivity contribution in [1.29, 1.82) is 0 Å². The van der Waals surface area contributed by atoms with Gasteiger partial charge in [-0.3, -0.25) is 9.69 Å². The van der Waals surface area contributed by atoms with Crippen molar-refractivity contribution in [3.8, 4) is 0 Å². The molecule has 2 saturated heterocycles. The lowest BCUT2D eigenvalue weighted by atomic mass is 9.76. The van der Waals surface area contributed by atoms with Crippen LogP contribution in [-0.2, 0) is 9.53 Å². The van der Waals surface area contributed by atoms with E-state index < -0.39 is 0 Å². The summed E-state index contributed by atoms with van der Waals surface area (Å²) in [5.74, 6) is 1.26. The van der Waals surface area contributed by atoms with Crippen LogP contribution >= 0.6 is 0 Å². The third kappa shape index (κ3) is 3.41. The van der Waals surface area contributed by atoms with Crippen LogP contribution in [0.15, 0.2) is 11.6 Å². The van der Waals surface area contributed by atoms with Gasteiger partial charge in [-0.15, -0.1) is 0 Å². The van der Waals surface area contributed by atoms with E-state index in [0.717, 1.165) is 50.4 Å². The van der Waals surface area contributed by atoms with Gasteiger partial charge in [0.2, 0.25) is 5.91 Å². The fourth-order valence-corrected chi connectivity index (χ4v) is 5.07. The summed E-state index contributed by atoms with van der Waals surface area (Å²) >= 11 is 0. The third-order valence-electron chi connectivity index (χ3n) is 6.70. The van der Waals surface area contributed by atoms with Crippen LogP contribution in [0.1, 0.15) is 51.4 Å². The van der Waals surface area contributed by atoms with Crippen LogP contribution in [0.25, 0.3) is 0 Å². The summed E-state index contributed by atoms with van der Waals surface area (Å²) in [5.41, 5.74) is 1.50. The Morgan fingerprint density at radius 3 is 2.75 bits per heavy atom. The Kier molecular flexibility index (Phi) is 4.70. The lowest BCUT2D eigenvalue weighted by Gasteiger charge is -2.39. The highest BCUT2D eigenvalue weighted by Crippen LogP contribution is 2.45. The lowest BCUT2D eigenvalue weighted by molar-refractivity contribution is -0.129. The van der Waals surface area contributed by atoms with Crippen LogP contribution in [0.5, 0.6) is 0 Å². The van der Waals surface area contributed by atoms with E-state index in [9.17, 15) is 4.79 Å². The highest BCUT2D eigenvalue weighted by Gasteiger charge is 2.47. The number of rotatable bonds is 5. The summed E-state index contributed by atoms with van der Waals surface area (Å²) in [6, 6.07) is 0.593. The number of methoxy groups -OCH3 is 1. The van der Waals surface area contributed by atoms with E-state index in [1.807, 2.05) is 7.11 Å². The van der Waals surface area contributed by atoms with E-state index in [2.05, 4.69) is 15.9 Å². The number of allylic oxidation sites excluding steroid dienone is 1. The standard InChI is InChI=1S/C20H32N2O2/c1-24-14-18-12-20(15-22(18)13-16-6-7-16)8-10-21(11-9-20)19(23)17-4-2-3-5-17/h4,16,18H,2-3,5-15H2,1H3/t18-/m1/s1. The number of ether oxygens (including phenoxy) is 1. The fraction of sp³-hybridized carbons (Fsp3) is 0.850. The number of hydrogen-bond acceptors (Lipinski definition) is 3. The molecule has 2 aliphatic carbocycles. The summed E-state index contributed by atoms with van der Waals surface area (Å²) in [6.45, 7) is 5.26. The molecule has 4 nitrogen and oxygen atoms in total. The van der Waals surface area contributed by atoms with Crippen LogP contribution in [0.2, 0.25) is 0 Å². The Morgan fingerprint density at radius 1 is 1.33 bits per heavy atom. The molecular formula is C20H32N2O2. The summed E-state index contributed by atoms with van der Waals surface area (Å²) in [5, 5.41) is 0. The van der Waals surface area contributed by atoms with Gasteiger partial charge in [-0.05, 0) is 62.7 Å². The van der Waals surface area contributed by atoms with Gasteiger partial charge < -0.3 is 9.64 Å². The van der Waals surface area contributed by atoms with E-state index in [4.69, 9.17) is 4.74 Å². The number of piperidine rings is 1. The number of amides is 1. The van der Waals surface area contributed by atoms with Gasteiger partial charge >= 0.3 is 0 Å². The van der Waals surface area contributed by atoms with Crippen molar-refractivity contribution in [2.45, 2.75) is 57.4 Å². The number of nitrogens with zero attached hydrogens (tertiary/aromatic N) is 2. The second-order valence-corrected chi connectivity index (χ2v) is 8.60. The van der Waals surface area contributed by atoms with E-state index in [0.29, 0.717) is 17.4 Å². The Bertz CT molecular complexity index is 504. The van der Waals surface area contributed by atoms with Gasteiger partial charge in [0.25, 0.3) is 0 Å². The van der Waals surface area contributed by atoms with Crippen molar-refractivity contribution in [3.63, 3.8) is 0 Å². The number of carbonyl (C=O) groups is 1. The van der Waals surface area contributed by atoms with Crippen molar-refractivity contribution < 1.29 is 9.53 Å². The minimum absolute atomic E-state index is 0.323. The fourth-order valence-electron chi connectivity index (χ4n) is 5.07. The average Bonchev–Trinajstić information content (AvgIpc) is 3.11. The molecule has 0 aromatic rings. The van der Waals surface area contributed by atoms with Crippen molar-refractivity contribution in [3.05, 3.63) is 11.6 Å². The maximum Gasteiger partial charge on any atom is 0.249 e. The average molecular weight is 332 g/mol. The molecule has 0 N–H and O–H groups in total. The quantitative estimate of drug-likeness (QED) is 0.776. The first kappa shape index (κ1) is 16.6. The Labute approximate surface area is 146 Å². The van der Waals surface area contributed by atoms with E-state index in [-0.39, 0.29) is 0 Å². The van der Waals surface area contributed by atoms with Gasteiger partial charge in [0.15, 0.2) is 0 Å². The van der Waals surface area contributed by atoms with Crippen LogP contribution < -0.4 is 0 Å². The Balaban J connectivity index is 1.36. The Morgan fingerprint density at radius 2 is 2.12 bits per heavy atom. The van der Waals surface area contributed by atoms with Crippen molar-refractivity contribution >= 4 is 5.91 Å².